The Morgan fingerprint density at radius 1 is 1.03 bits per heavy atom. The first-order chi connectivity index (χ1) is 18.4. The quantitative estimate of drug-likeness (QED) is 0.364. The highest BCUT2D eigenvalue weighted by Crippen LogP contribution is 2.42. The monoisotopic (exact) mass is 528 g/mol. The molecule has 1 saturated heterocycles. The number of hydrogen-bond donors (Lipinski definition) is 1. The molecule has 8 nitrogen and oxygen atoms in total. The molecule has 2 aromatic carbocycles. The first-order valence-corrected chi connectivity index (χ1v) is 12.7. The third-order valence-electron chi connectivity index (χ3n) is 7.15. The first kappa shape index (κ1) is 24.2. The fourth-order valence-corrected chi connectivity index (χ4v) is 5.28. The van der Waals surface area contributed by atoms with E-state index in [9.17, 15) is 14.7 Å². The molecular formula is C29H25ClN4O4. The number of pyridine rings is 1. The molecule has 4 aromatic rings. The molecule has 6 rings (SSSR count). The molecule has 0 saturated carbocycles. The Balaban J connectivity index is 1.38. The lowest BCUT2D eigenvalue weighted by molar-refractivity contribution is -0.117. The largest absolute Gasteiger partial charge is 0.503 e. The predicted molar refractivity (Wildman–Crippen MR) is 146 cm³/mol. The third-order valence-corrected chi connectivity index (χ3v) is 7.39. The number of fused-ring (bicyclic) bond motifs is 1. The molecule has 1 unspecified atom stereocenters. The van der Waals surface area contributed by atoms with E-state index in [-0.39, 0.29) is 11.3 Å². The van der Waals surface area contributed by atoms with Gasteiger partial charge in [-0.15, -0.1) is 0 Å². The summed E-state index contributed by atoms with van der Waals surface area (Å²) in [5.74, 6) is -1.83. The van der Waals surface area contributed by atoms with Crippen molar-refractivity contribution in [1.29, 1.82) is 0 Å². The van der Waals surface area contributed by atoms with Crippen molar-refractivity contribution in [2.24, 2.45) is 0 Å². The molecule has 2 aromatic heterocycles. The summed E-state index contributed by atoms with van der Waals surface area (Å²) in [5.41, 5.74) is 2.64. The number of anilines is 2. The molecule has 192 valence electrons. The van der Waals surface area contributed by atoms with Gasteiger partial charge in [-0.2, -0.15) is 0 Å². The number of carbonyl (C=O) groups is 2. The van der Waals surface area contributed by atoms with Gasteiger partial charge in [0.05, 0.1) is 11.6 Å². The fraction of sp³-hybridized carbons (Fsp3) is 0.207. The molecule has 4 heterocycles. The molecular weight excluding hydrogens is 504 g/mol. The van der Waals surface area contributed by atoms with Crippen molar-refractivity contribution in [3.05, 3.63) is 101 Å². The molecule has 2 aliphatic rings. The minimum atomic E-state index is -0.880. The Morgan fingerprint density at radius 3 is 2.47 bits per heavy atom. The van der Waals surface area contributed by atoms with Crippen LogP contribution in [0.2, 0.25) is 5.02 Å². The summed E-state index contributed by atoms with van der Waals surface area (Å²) < 4.78 is 5.79. The number of furan rings is 1. The van der Waals surface area contributed by atoms with E-state index in [4.69, 9.17) is 16.0 Å². The van der Waals surface area contributed by atoms with Crippen LogP contribution >= 0.6 is 11.6 Å². The zero-order chi connectivity index (χ0) is 26.4. The minimum absolute atomic E-state index is 0.0118. The van der Waals surface area contributed by atoms with E-state index in [0.29, 0.717) is 27.2 Å². The van der Waals surface area contributed by atoms with E-state index >= 15 is 0 Å². The Labute approximate surface area is 224 Å². The molecule has 0 spiro atoms. The van der Waals surface area contributed by atoms with Crippen LogP contribution in [-0.2, 0) is 4.79 Å². The zero-order valence-corrected chi connectivity index (χ0v) is 21.4. The number of nitrogens with zero attached hydrogens (tertiary/aromatic N) is 4. The number of halogens is 1. The van der Waals surface area contributed by atoms with Crippen molar-refractivity contribution in [2.45, 2.75) is 6.04 Å². The number of aliphatic hydroxyl groups excluding tert-OH is 1. The summed E-state index contributed by atoms with van der Waals surface area (Å²) in [6.07, 6.45) is 3.21. The maximum atomic E-state index is 13.8. The average Bonchev–Trinajstić information content (AvgIpc) is 3.47. The second kappa shape index (κ2) is 9.63. The average molecular weight is 529 g/mol. The Kier molecular flexibility index (Phi) is 6.13. The summed E-state index contributed by atoms with van der Waals surface area (Å²) in [6.45, 7) is 3.79. The number of carbonyl (C=O) groups excluding carboxylic acids is 2. The van der Waals surface area contributed by atoms with E-state index < -0.39 is 23.5 Å². The Morgan fingerprint density at radius 2 is 1.76 bits per heavy atom. The van der Waals surface area contributed by atoms with E-state index in [1.807, 2.05) is 24.3 Å². The zero-order valence-electron chi connectivity index (χ0n) is 20.7. The maximum Gasteiger partial charge on any atom is 0.294 e. The highest BCUT2D eigenvalue weighted by Gasteiger charge is 2.45. The lowest BCUT2D eigenvalue weighted by Gasteiger charge is -2.34. The summed E-state index contributed by atoms with van der Waals surface area (Å²) >= 11 is 6.09. The van der Waals surface area contributed by atoms with Crippen LogP contribution in [0.15, 0.2) is 88.8 Å². The van der Waals surface area contributed by atoms with Crippen molar-refractivity contribution in [2.75, 3.05) is 43.0 Å². The van der Waals surface area contributed by atoms with Crippen LogP contribution < -0.4 is 9.80 Å². The molecule has 0 bridgehead atoms. The van der Waals surface area contributed by atoms with E-state index in [1.165, 1.54) is 4.90 Å². The number of piperazine rings is 1. The second-order valence-corrected chi connectivity index (χ2v) is 9.99. The molecule has 1 fully saturated rings. The number of hydrogen-bond acceptors (Lipinski definition) is 7. The Bertz CT molecular complexity index is 1560. The van der Waals surface area contributed by atoms with Crippen molar-refractivity contribution in [3.8, 4) is 0 Å². The van der Waals surface area contributed by atoms with E-state index in [0.717, 1.165) is 31.9 Å². The summed E-state index contributed by atoms with van der Waals surface area (Å²) in [4.78, 5) is 37.4. The topological polar surface area (TPSA) is 90.1 Å². The van der Waals surface area contributed by atoms with Crippen LogP contribution in [0.1, 0.15) is 22.2 Å². The van der Waals surface area contributed by atoms with Crippen LogP contribution in [0.25, 0.3) is 11.0 Å². The normalized spacial score (nSPS) is 18.6. The van der Waals surface area contributed by atoms with Crippen LogP contribution in [0.5, 0.6) is 0 Å². The van der Waals surface area contributed by atoms with Gasteiger partial charge >= 0.3 is 0 Å². The fourth-order valence-electron chi connectivity index (χ4n) is 5.10. The first-order valence-electron chi connectivity index (χ1n) is 12.3. The van der Waals surface area contributed by atoms with Gasteiger partial charge in [0.25, 0.3) is 5.91 Å². The molecule has 0 aliphatic carbocycles. The van der Waals surface area contributed by atoms with Gasteiger partial charge in [-0.3, -0.25) is 19.5 Å². The van der Waals surface area contributed by atoms with Crippen LogP contribution in [0, 0.1) is 0 Å². The number of benzene rings is 2. The highest BCUT2D eigenvalue weighted by atomic mass is 35.5. The van der Waals surface area contributed by atoms with Crippen LogP contribution in [0.4, 0.5) is 11.4 Å². The van der Waals surface area contributed by atoms with Gasteiger partial charge in [-0.05, 0) is 67.2 Å². The number of ketones is 1. The van der Waals surface area contributed by atoms with Crippen LogP contribution in [-0.4, -0.2) is 59.9 Å². The molecule has 2 aliphatic heterocycles. The smallest absolute Gasteiger partial charge is 0.294 e. The van der Waals surface area contributed by atoms with Gasteiger partial charge < -0.3 is 19.3 Å². The number of Topliss-reactive ketones (excluding diaryl/α,β-unsaturated/α-hetero) is 1. The SMILES string of the molecule is CN1CCN(c2ccc(N3C(=O)C(O)=C(C(=O)c4cc5cc(Cl)ccc5o4)C3c3cccnc3)cc2)CC1. The van der Waals surface area contributed by atoms with Gasteiger partial charge in [-0.1, -0.05) is 17.7 Å². The summed E-state index contributed by atoms with van der Waals surface area (Å²) in [7, 11) is 2.11. The van der Waals surface area contributed by atoms with Crippen molar-refractivity contribution in [3.63, 3.8) is 0 Å². The van der Waals surface area contributed by atoms with Gasteiger partial charge in [0, 0.05) is 60.4 Å². The lowest BCUT2D eigenvalue weighted by Crippen LogP contribution is -2.44. The van der Waals surface area contributed by atoms with Crippen molar-refractivity contribution in [1.82, 2.24) is 9.88 Å². The van der Waals surface area contributed by atoms with E-state index in [2.05, 4.69) is 21.8 Å². The number of likely N-dealkylation sites (N-methyl/N-ethyl adjacent to an activating group) is 1. The summed E-state index contributed by atoms with van der Waals surface area (Å²) in [5, 5.41) is 12.2. The van der Waals surface area contributed by atoms with Crippen molar-refractivity contribution < 1.29 is 19.1 Å². The van der Waals surface area contributed by atoms with Gasteiger partial charge in [0.15, 0.2) is 11.5 Å². The molecule has 1 amide bonds. The van der Waals surface area contributed by atoms with Gasteiger partial charge in [0.1, 0.15) is 5.58 Å². The number of aromatic nitrogens is 1. The second-order valence-electron chi connectivity index (χ2n) is 9.55. The highest BCUT2D eigenvalue weighted by molar-refractivity contribution is 6.31. The summed E-state index contributed by atoms with van der Waals surface area (Å²) in [6, 6.07) is 16.9. The van der Waals surface area contributed by atoms with Crippen molar-refractivity contribution >= 4 is 45.6 Å². The molecule has 1 N–H and O–H groups in total. The molecule has 0 radical (unpaired) electrons. The van der Waals surface area contributed by atoms with Gasteiger partial charge in [-0.25, -0.2) is 0 Å². The van der Waals surface area contributed by atoms with Crippen LogP contribution in [0.3, 0.4) is 0 Å². The predicted octanol–water partition coefficient (Wildman–Crippen LogP) is 5.02. The lowest BCUT2D eigenvalue weighted by atomic mass is 9.96. The Hall–Kier alpha value is -4.14. The number of aliphatic hydroxyl groups is 1. The van der Waals surface area contributed by atoms with Gasteiger partial charge in [0.2, 0.25) is 5.78 Å². The number of rotatable bonds is 5. The standard InChI is InChI=1S/C29H25ClN4O4/c1-32-11-13-33(14-12-32)21-5-7-22(8-6-21)34-26(18-3-2-10-31-17-18)25(28(36)29(34)37)27(35)24-16-19-15-20(30)4-9-23(19)38-24/h2-10,15-17,26,36H,11-14H2,1H3. The minimum Gasteiger partial charge on any atom is -0.503 e. The molecule has 38 heavy (non-hydrogen) atoms. The maximum absolute atomic E-state index is 13.8. The molecule has 1 atom stereocenters. The molecule has 9 heteroatoms. The van der Waals surface area contributed by atoms with E-state index in [1.54, 1.807) is 48.8 Å². The number of amides is 1. The third kappa shape index (κ3) is 4.21.